The summed E-state index contributed by atoms with van der Waals surface area (Å²) in [7, 11) is 0. The summed E-state index contributed by atoms with van der Waals surface area (Å²) in [5.41, 5.74) is 2.22. The average molecular weight is 459 g/mol. The number of para-hydroxylation sites is 2. The molecule has 0 radical (unpaired) electrons. The fourth-order valence-corrected chi connectivity index (χ4v) is 4.47. The van der Waals surface area contributed by atoms with Crippen LogP contribution in [0.5, 0.6) is 11.5 Å². The van der Waals surface area contributed by atoms with Gasteiger partial charge >= 0.3 is 5.97 Å². The SMILES string of the molecule is CCOc1cc(/C=c2/sc3nc4ccccc4n3c2=O)cc(Br)c1OC(C)=O. The molecule has 2 aromatic heterocycles. The van der Waals surface area contributed by atoms with Gasteiger partial charge in [0.1, 0.15) is 0 Å². The predicted octanol–water partition coefficient (Wildman–Crippen LogP) is 3.54. The standard InChI is InChI=1S/C20H15BrN2O4S/c1-3-26-16-9-12(8-13(21)18(16)27-11(2)24)10-17-19(25)23-15-7-5-4-6-14(15)22-20(23)28-17/h4-10H,3H2,1-2H3/b17-10+. The number of benzene rings is 2. The van der Waals surface area contributed by atoms with Gasteiger partial charge in [0.05, 0.1) is 26.6 Å². The number of ether oxygens (including phenoxy) is 2. The molecule has 4 aromatic rings. The maximum absolute atomic E-state index is 12.9. The molecule has 0 aliphatic rings. The fraction of sp³-hybridized carbons (Fsp3) is 0.150. The van der Waals surface area contributed by atoms with E-state index in [0.29, 0.717) is 32.1 Å². The normalized spacial score (nSPS) is 12.0. The zero-order valence-electron chi connectivity index (χ0n) is 15.1. The van der Waals surface area contributed by atoms with E-state index in [0.717, 1.165) is 16.6 Å². The van der Waals surface area contributed by atoms with Gasteiger partial charge in [-0.15, -0.1) is 0 Å². The lowest BCUT2D eigenvalue weighted by molar-refractivity contribution is -0.132. The van der Waals surface area contributed by atoms with Crippen LogP contribution in [0.15, 0.2) is 45.7 Å². The van der Waals surface area contributed by atoms with Crippen LogP contribution in [0.3, 0.4) is 0 Å². The molecule has 8 heteroatoms. The van der Waals surface area contributed by atoms with Gasteiger partial charge in [0, 0.05) is 6.92 Å². The van der Waals surface area contributed by atoms with Gasteiger partial charge in [-0.2, -0.15) is 0 Å². The van der Waals surface area contributed by atoms with Gasteiger partial charge in [-0.3, -0.25) is 9.59 Å². The van der Waals surface area contributed by atoms with Crippen LogP contribution >= 0.6 is 27.3 Å². The highest BCUT2D eigenvalue weighted by Gasteiger charge is 2.15. The van der Waals surface area contributed by atoms with Crippen molar-refractivity contribution < 1.29 is 14.3 Å². The van der Waals surface area contributed by atoms with E-state index in [9.17, 15) is 9.59 Å². The van der Waals surface area contributed by atoms with Crippen molar-refractivity contribution in [3.05, 3.63) is 61.3 Å². The number of aromatic nitrogens is 2. The number of esters is 1. The number of thiazole rings is 1. The van der Waals surface area contributed by atoms with Crippen LogP contribution in [-0.2, 0) is 4.79 Å². The van der Waals surface area contributed by atoms with Gasteiger partial charge in [-0.25, -0.2) is 9.38 Å². The summed E-state index contributed by atoms with van der Waals surface area (Å²) >= 11 is 4.75. The number of carbonyl (C=O) groups excluding carboxylic acids is 1. The Kier molecular flexibility index (Phi) is 4.91. The Morgan fingerprint density at radius 3 is 2.86 bits per heavy atom. The van der Waals surface area contributed by atoms with E-state index in [-0.39, 0.29) is 5.56 Å². The molecule has 0 unspecified atom stereocenters. The lowest BCUT2D eigenvalue weighted by Crippen LogP contribution is -2.22. The molecule has 4 rings (SSSR count). The molecule has 0 saturated heterocycles. The monoisotopic (exact) mass is 458 g/mol. The molecule has 0 spiro atoms. The number of imidazole rings is 1. The first-order chi connectivity index (χ1) is 13.5. The van der Waals surface area contributed by atoms with Crippen molar-refractivity contribution in [3.8, 4) is 11.5 Å². The van der Waals surface area contributed by atoms with E-state index >= 15 is 0 Å². The molecule has 2 aromatic carbocycles. The topological polar surface area (TPSA) is 69.9 Å². The molecule has 6 nitrogen and oxygen atoms in total. The predicted molar refractivity (Wildman–Crippen MR) is 112 cm³/mol. The fourth-order valence-electron chi connectivity index (χ4n) is 2.94. The maximum atomic E-state index is 12.9. The van der Waals surface area contributed by atoms with E-state index in [1.54, 1.807) is 22.6 Å². The first-order valence-corrected chi connectivity index (χ1v) is 10.2. The largest absolute Gasteiger partial charge is 0.490 e. The number of carbonyl (C=O) groups is 1. The number of fused-ring (bicyclic) bond motifs is 3. The van der Waals surface area contributed by atoms with Crippen molar-refractivity contribution in [1.82, 2.24) is 9.38 Å². The zero-order valence-corrected chi connectivity index (χ0v) is 17.5. The second-order valence-corrected chi connectivity index (χ2v) is 7.85. The number of hydrogen-bond donors (Lipinski definition) is 0. The lowest BCUT2D eigenvalue weighted by atomic mass is 10.2. The summed E-state index contributed by atoms with van der Waals surface area (Å²) < 4.78 is 13.6. The Hall–Kier alpha value is -2.71. The Morgan fingerprint density at radius 1 is 1.32 bits per heavy atom. The summed E-state index contributed by atoms with van der Waals surface area (Å²) in [6, 6.07) is 11.1. The van der Waals surface area contributed by atoms with Crippen molar-refractivity contribution in [2.45, 2.75) is 13.8 Å². The van der Waals surface area contributed by atoms with Crippen LogP contribution in [0.25, 0.3) is 22.1 Å². The quantitative estimate of drug-likeness (QED) is 0.345. The molecule has 0 aliphatic carbocycles. The second-order valence-electron chi connectivity index (χ2n) is 5.99. The Balaban J connectivity index is 1.88. The molecule has 142 valence electrons. The molecule has 28 heavy (non-hydrogen) atoms. The number of halogens is 1. The van der Waals surface area contributed by atoms with Crippen LogP contribution in [0, 0.1) is 0 Å². The molecule has 2 heterocycles. The summed E-state index contributed by atoms with van der Waals surface area (Å²) in [6.07, 6.45) is 1.78. The first-order valence-electron chi connectivity index (χ1n) is 8.54. The van der Waals surface area contributed by atoms with Crippen molar-refractivity contribution in [2.24, 2.45) is 0 Å². The van der Waals surface area contributed by atoms with Crippen LogP contribution in [0.2, 0.25) is 0 Å². The highest BCUT2D eigenvalue weighted by molar-refractivity contribution is 9.10. The second kappa shape index (κ2) is 7.37. The van der Waals surface area contributed by atoms with E-state index in [1.807, 2.05) is 31.2 Å². The van der Waals surface area contributed by atoms with Crippen molar-refractivity contribution in [3.63, 3.8) is 0 Å². The molecular weight excluding hydrogens is 444 g/mol. The minimum Gasteiger partial charge on any atom is -0.490 e. The van der Waals surface area contributed by atoms with Gasteiger partial charge in [0.2, 0.25) is 0 Å². The van der Waals surface area contributed by atoms with Crippen LogP contribution in [-0.4, -0.2) is 22.0 Å². The first kappa shape index (κ1) is 18.6. The Bertz CT molecular complexity index is 1330. The van der Waals surface area contributed by atoms with Gasteiger partial charge in [-0.05, 0) is 58.8 Å². The molecule has 0 aliphatic heterocycles. The number of hydrogen-bond acceptors (Lipinski definition) is 6. The highest BCUT2D eigenvalue weighted by Crippen LogP contribution is 2.37. The molecule has 0 amide bonds. The third kappa shape index (κ3) is 3.29. The summed E-state index contributed by atoms with van der Waals surface area (Å²) in [6.45, 7) is 3.59. The zero-order chi connectivity index (χ0) is 19.8. The molecule has 0 saturated carbocycles. The highest BCUT2D eigenvalue weighted by atomic mass is 79.9. The maximum Gasteiger partial charge on any atom is 0.308 e. The van der Waals surface area contributed by atoms with Crippen molar-refractivity contribution >= 4 is 55.3 Å². The van der Waals surface area contributed by atoms with E-state index < -0.39 is 5.97 Å². The van der Waals surface area contributed by atoms with Crippen LogP contribution in [0.4, 0.5) is 0 Å². The van der Waals surface area contributed by atoms with E-state index in [4.69, 9.17) is 9.47 Å². The average Bonchev–Trinajstić information content (AvgIpc) is 3.15. The van der Waals surface area contributed by atoms with Crippen LogP contribution < -0.4 is 19.6 Å². The minimum absolute atomic E-state index is 0.119. The number of nitrogens with zero attached hydrogens (tertiary/aromatic N) is 2. The van der Waals surface area contributed by atoms with Gasteiger partial charge in [-0.1, -0.05) is 23.5 Å². The summed E-state index contributed by atoms with van der Waals surface area (Å²) in [4.78, 5) is 29.4. The molecule has 0 atom stereocenters. The summed E-state index contributed by atoms with van der Waals surface area (Å²) in [5.74, 6) is 0.310. The Morgan fingerprint density at radius 2 is 2.11 bits per heavy atom. The third-order valence-corrected chi connectivity index (χ3v) is 5.58. The third-order valence-electron chi connectivity index (χ3n) is 4.02. The van der Waals surface area contributed by atoms with Crippen molar-refractivity contribution in [1.29, 1.82) is 0 Å². The van der Waals surface area contributed by atoms with Gasteiger partial charge in [0.15, 0.2) is 16.5 Å². The van der Waals surface area contributed by atoms with Gasteiger partial charge in [0.25, 0.3) is 5.56 Å². The minimum atomic E-state index is -0.438. The van der Waals surface area contributed by atoms with E-state index in [1.165, 1.54) is 18.3 Å². The molecule has 0 N–H and O–H groups in total. The smallest absolute Gasteiger partial charge is 0.308 e. The molecular formula is C20H15BrN2O4S. The molecule has 0 bridgehead atoms. The van der Waals surface area contributed by atoms with Crippen LogP contribution in [0.1, 0.15) is 19.4 Å². The number of rotatable bonds is 4. The lowest BCUT2D eigenvalue weighted by Gasteiger charge is -2.12. The van der Waals surface area contributed by atoms with Gasteiger partial charge < -0.3 is 9.47 Å². The van der Waals surface area contributed by atoms with Crippen molar-refractivity contribution in [2.75, 3.05) is 6.61 Å². The molecule has 0 fully saturated rings. The Labute approximate surface area is 172 Å². The summed E-state index contributed by atoms with van der Waals surface area (Å²) in [5, 5.41) is 0. The van der Waals surface area contributed by atoms with E-state index in [2.05, 4.69) is 20.9 Å².